The molecule has 0 bridgehead atoms. The number of allylic oxidation sites excluding steroid dienone is 1. The fourth-order valence-corrected chi connectivity index (χ4v) is 5.16. The van der Waals surface area contributed by atoms with Gasteiger partial charge in [0.05, 0.1) is 22.3 Å². The maximum Gasteiger partial charge on any atom is 0.269 e. The summed E-state index contributed by atoms with van der Waals surface area (Å²) in [6, 6.07) is 20.2. The summed E-state index contributed by atoms with van der Waals surface area (Å²) in [5.41, 5.74) is 3.91. The van der Waals surface area contributed by atoms with E-state index in [9.17, 15) is 19.7 Å². The van der Waals surface area contributed by atoms with Gasteiger partial charge in [0.2, 0.25) is 5.91 Å². The van der Waals surface area contributed by atoms with Crippen LogP contribution in [0.2, 0.25) is 5.02 Å². The second-order valence-corrected chi connectivity index (χ2v) is 9.19. The van der Waals surface area contributed by atoms with Crippen molar-refractivity contribution in [1.82, 2.24) is 0 Å². The van der Waals surface area contributed by atoms with Crippen LogP contribution in [0.3, 0.4) is 0 Å². The number of hydrogen-bond acceptors (Lipinski definition) is 5. The smallest absolute Gasteiger partial charge is 0.269 e. The molecule has 2 atom stereocenters. The number of rotatable bonds is 3. The first kappa shape index (κ1) is 22.8. The molecule has 1 aliphatic carbocycles. The topological polar surface area (TPSA) is 92.6 Å². The Labute approximate surface area is 207 Å². The summed E-state index contributed by atoms with van der Waals surface area (Å²) in [5, 5.41) is 15.6. The van der Waals surface area contributed by atoms with Crippen LogP contribution in [0.4, 0.5) is 17.1 Å². The summed E-state index contributed by atoms with van der Waals surface area (Å²) >= 11 is 6.06. The molecule has 5 rings (SSSR count). The van der Waals surface area contributed by atoms with Gasteiger partial charge in [-0.3, -0.25) is 24.6 Å². The first-order valence-electron chi connectivity index (χ1n) is 11.3. The van der Waals surface area contributed by atoms with E-state index in [2.05, 4.69) is 5.32 Å². The number of para-hydroxylation sites is 2. The predicted octanol–water partition coefficient (Wildman–Crippen LogP) is 6.17. The molecular weight excluding hydrogens is 466 g/mol. The number of carbonyl (C=O) groups excluding carboxylic acids is 2. The third-order valence-electron chi connectivity index (χ3n) is 6.57. The molecule has 0 spiro atoms. The maximum absolute atomic E-state index is 13.8. The summed E-state index contributed by atoms with van der Waals surface area (Å²) in [6.07, 6.45) is 0.809. The first-order chi connectivity index (χ1) is 16.8. The lowest BCUT2D eigenvalue weighted by Gasteiger charge is -2.34. The number of nitro groups is 1. The lowest BCUT2D eigenvalue weighted by atomic mass is 9.78. The van der Waals surface area contributed by atoms with E-state index >= 15 is 0 Å². The van der Waals surface area contributed by atoms with Crippen molar-refractivity contribution >= 4 is 40.4 Å². The van der Waals surface area contributed by atoms with E-state index in [0.717, 1.165) is 5.56 Å². The fraction of sp³-hybridized carbons (Fsp3) is 0.185. The highest BCUT2D eigenvalue weighted by atomic mass is 35.5. The monoisotopic (exact) mass is 487 g/mol. The molecule has 176 valence electrons. The molecule has 1 heterocycles. The molecule has 0 unspecified atom stereocenters. The summed E-state index contributed by atoms with van der Waals surface area (Å²) in [4.78, 5) is 39.4. The van der Waals surface area contributed by atoms with Crippen LogP contribution in [0.5, 0.6) is 0 Å². The van der Waals surface area contributed by atoms with Gasteiger partial charge in [0.1, 0.15) is 0 Å². The molecule has 0 radical (unpaired) electrons. The number of carbonyl (C=O) groups is 2. The Morgan fingerprint density at radius 1 is 1.03 bits per heavy atom. The minimum atomic E-state index is -0.794. The van der Waals surface area contributed by atoms with Gasteiger partial charge in [-0.2, -0.15) is 0 Å². The van der Waals surface area contributed by atoms with E-state index in [1.807, 2.05) is 48.5 Å². The third-order valence-corrected chi connectivity index (χ3v) is 6.82. The maximum atomic E-state index is 13.8. The number of nitro benzene ring substituents is 1. The molecule has 7 nitrogen and oxygen atoms in total. The number of nitrogens with one attached hydrogen (secondary N) is 1. The molecule has 0 saturated heterocycles. The average Bonchev–Trinajstić information content (AvgIpc) is 2.99. The Kier molecular flexibility index (Phi) is 5.86. The number of halogens is 1. The van der Waals surface area contributed by atoms with Crippen molar-refractivity contribution in [2.75, 3.05) is 10.2 Å². The molecule has 8 heteroatoms. The number of fused-ring (bicyclic) bond motifs is 1. The SMILES string of the molecule is CC(=O)N1c2ccccc2NC2=C(C(=O)C[C@@H](c3ccc(Cl)cc3)C2)[C@@H]1c1cccc([N+](=O)[O-])c1. The number of ketones is 1. The number of non-ortho nitro benzene ring substituents is 1. The van der Waals surface area contributed by atoms with Crippen molar-refractivity contribution < 1.29 is 14.5 Å². The van der Waals surface area contributed by atoms with Gasteiger partial charge in [0.15, 0.2) is 5.78 Å². The van der Waals surface area contributed by atoms with E-state index in [1.165, 1.54) is 19.1 Å². The molecule has 3 aromatic carbocycles. The molecule has 0 saturated carbocycles. The molecular formula is C27H22ClN3O4. The first-order valence-corrected chi connectivity index (χ1v) is 11.6. The van der Waals surface area contributed by atoms with Crippen LogP contribution in [0.25, 0.3) is 0 Å². The molecule has 1 aliphatic heterocycles. The fourth-order valence-electron chi connectivity index (χ4n) is 5.03. The molecule has 1 N–H and O–H groups in total. The number of hydrogen-bond donors (Lipinski definition) is 1. The van der Waals surface area contributed by atoms with Crippen molar-refractivity contribution in [2.45, 2.75) is 31.7 Å². The summed E-state index contributed by atoms with van der Waals surface area (Å²) < 4.78 is 0. The highest BCUT2D eigenvalue weighted by molar-refractivity contribution is 6.30. The van der Waals surface area contributed by atoms with E-state index in [4.69, 9.17) is 11.6 Å². The zero-order chi connectivity index (χ0) is 24.7. The normalized spacial score (nSPS) is 19.4. The standard InChI is InChI=1S/C27H22ClN3O4/c1-16(32)30-24-8-3-2-7-22(24)29-23-14-19(17-9-11-20(28)12-10-17)15-25(33)26(23)27(30)18-5-4-6-21(13-18)31(34)35/h2-13,19,27,29H,14-15H2,1H3/t19-,27-/m0/s1. The average molecular weight is 488 g/mol. The summed E-state index contributed by atoms with van der Waals surface area (Å²) in [5.74, 6) is -0.431. The highest BCUT2D eigenvalue weighted by Crippen LogP contribution is 2.47. The Bertz CT molecular complexity index is 1380. The van der Waals surface area contributed by atoms with Gasteiger partial charge in [-0.25, -0.2) is 0 Å². The minimum Gasteiger partial charge on any atom is -0.357 e. The van der Waals surface area contributed by atoms with E-state index in [-0.39, 0.29) is 29.7 Å². The number of nitrogens with zero attached hydrogens (tertiary/aromatic N) is 2. The number of Topliss-reactive ketones (excluding diaryl/α,β-unsaturated/α-hetero) is 1. The quantitative estimate of drug-likeness (QED) is 0.352. The molecule has 35 heavy (non-hydrogen) atoms. The second kappa shape index (κ2) is 9.00. The lowest BCUT2D eigenvalue weighted by molar-refractivity contribution is -0.384. The zero-order valence-electron chi connectivity index (χ0n) is 18.9. The molecule has 1 amide bonds. The van der Waals surface area contributed by atoms with E-state index in [0.29, 0.717) is 39.7 Å². The number of anilines is 2. The van der Waals surface area contributed by atoms with Crippen LogP contribution in [-0.4, -0.2) is 16.6 Å². The Balaban J connectivity index is 1.71. The van der Waals surface area contributed by atoms with Crippen molar-refractivity contribution in [3.05, 3.63) is 110 Å². The number of benzene rings is 3. The van der Waals surface area contributed by atoms with Crippen LogP contribution in [-0.2, 0) is 9.59 Å². The Hall–Kier alpha value is -3.97. The van der Waals surface area contributed by atoms with Crippen molar-refractivity contribution in [3.63, 3.8) is 0 Å². The molecule has 0 fully saturated rings. The second-order valence-electron chi connectivity index (χ2n) is 8.76. The zero-order valence-corrected chi connectivity index (χ0v) is 19.7. The Morgan fingerprint density at radius 3 is 2.49 bits per heavy atom. The summed E-state index contributed by atoms with van der Waals surface area (Å²) in [7, 11) is 0. The van der Waals surface area contributed by atoms with Gasteiger partial charge in [-0.05, 0) is 47.7 Å². The lowest BCUT2D eigenvalue weighted by Crippen LogP contribution is -2.37. The van der Waals surface area contributed by atoms with Crippen LogP contribution in [0, 0.1) is 10.1 Å². The number of amides is 1. The van der Waals surface area contributed by atoms with Gasteiger partial charge in [0.25, 0.3) is 5.69 Å². The minimum absolute atomic E-state index is 0.0622. The molecule has 0 aromatic heterocycles. The van der Waals surface area contributed by atoms with Gasteiger partial charge in [0, 0.05) is 41.8 Å². The van der Waals surface area contributed by atoms with Crippen molar-refractivity contribution in [2.24, 2.45) is 0 Å². The van der Waals surface area contributed by atoms with Gasteiger partial charge < -0.3 is 5.32 Å². The van der Waals surface area contributed by atoms with Gasteiger partial charge in [-0.1, -0.05) is 48.0 Å². The van der Waals surface area contributed by atoms with Crippen LogP contribution in [0.15, 0.2) is 84.1 Å². The molecule has 2 aliphatic rings. The van der Waals surface area contributed by atoms with Gasteiger partial charge >= 0.3 is 0 Å². The van der Waals surface area contributed by atoms with E-state index in [1.54, 1.807) is 17.0 Å². The van der Waals surface area contributed by atoms with Crippen molar-refractivity contribution in [1.29, 1.82) is 0 Å². The van der Waals surface area contributed by atoms with Gasteiger partial charge in [-0.15, -0.1) is 0 Å². The summed E-state index contributed by atoms with van der Waals surface area (Å²) in [6.45, 7) is 1.44. The van der Waals surface area contributed by atoms with Crippen LogP contribution < -0.4 is 10.2 Å². The van der Waals surface area contributed by atoms with Crippen molar-refractivity contribution in [3.8, 4) is 0 Å². The largest absolute Gasteiger partial charge is 0.357 e. The van der Waals surface area contributed by atoms with E-state index < -0.39 is 11.0 Å². The Morgan fingerprint density at radius 2 is 1.77 bits per heavy atom. The highest BCUT2D eigenvalue weighted by Gasteiger charge is 2.41. The third kappa shape index (κ3) is 4.19. The van der Waals surface area contributed by atoms with Crippen LogP contribution in [0.1, 0.15) is 42.9 Å². The predicted molar refractivity (Wildman–Crippen MR) is 135 cm³/mol. The van der Waals surface area contributed by atoms with Crippen LogP contribution >= 0.6 is 11.6 Å². The molecule has 3 aromatic rings.